The summed E-state index contributed by atoms with van der Waals surface area (Å²) in [5.74, 6) is 0. The standard InChI is InChI=1S/C9H14N2O/c1-11-9(6-12)7-3-2-4-8(10)5-7/h2-5,9,11-12H,6,10H2,1H3. The van der Waals surface area contributed by atoms with Gasteiger partial charge in [0, 0.05) is 5.69 Å². The van der Waals surface area contributed by atoms with Crippen LogP contribution in [0.3, 0.4) is 0 Å². The highest BCUT2D eigenvalue weighted by atomic mass is 16.3. The van der Waals surface area contributed by atoms with Gasteiger partial charge in [-0.2, -0.15) is 0 Å². The predicted molar refractivity (Wildman–Crippen MR) is 49.7 cm³/mol. The Hall–Kier alpha value is -1.06. The average Bonchev–Trinajstić information content (AvgIpc) is 2.07. The third kappa shape index (κ3) is 1.96. The molecule has 0 spiro atoms. The van der Waals surface area contributed by atoms with Crippen LogP contribution in [0.2, 0.25) is 0 Å². The van der Waals surface area contributed by atoms with Crippen LogP contribution in [0.15, 0.2) is 24.3 Å². The average molecular weight is 166 g/mol. The molecule has 0 saturated heterocycles. The van der Waals surface area contributed by atoms with Crippen molar-refractivity contribution in [3.63, 3.8) is 0 Å². The fraction of sp³-hybridized carbons (Fsp3) is 0.333. The molecule has 0 aliphatic heterocycles. The maximum absolute atomic E-state index is 8.97. The smallest absolute Gasteiger partial charge is 0.0626 e. The second kappa shape index (κ2) is 4.09. The highest BCUT2D eigenvalue weighted by Crippen LogP contribution is 2.14. The molecule has 1 aromatic carbocycles. The zero-order valence-corrected chi connectivity index (χ0v) is 7.12. The van der Waals surface area contributed by atoms with E-state index in [1.165, 1.54) is 0 Å². The monoisotopic (exact) mass is 166 g/mol. The van der Waals surface area contributed by atoms with Gasteiger partial charge in [-0.25, -0.2) is 0 Å². The van der Waals surface area contributed by atoms with Gasteiger partial charge < -0.3 is 16.2 Å². The van der Waals surface area contributed by atoms with Crippen LogP contribution in [-0.4, -0.2) is 18.8 Å². The van der Waals surface area contributed by atoms with E-state index in [0.717, 1.165) is 11.3 Å². The first kappa shape index (κ1) is 9.03. The highest BCUT2D eigenvalue weighted by Gasteiger charge is 2.06. The lowest BCUT2D eigenvalue weighted by Gasteiger charge is -2.13. The number of aliphatic hydroxyl groups is 1. The fourth-order valence-electron chi connectivity index (χ4n) is 1.14. The number of nitrogens with one attached hydrogen (secondary N) is 1. The largest absolute Gasteiger partial charge is 0.399 e. The lowest BCUT2D eigenvalue weighted by molar-refractivity contribution is 0.251. The number of rotatable bonds is 3. The van der Waals surface area contributed by atoms with Gasteiger partial charge in [-0.3, -0.25) is 0 Å². The summed E-state index contributed by atoms with van der Waals surface area (Å²) in [6, 6.07) is 7.48. The molecule has 0 amide bonds. The van der Waals surface area contributed by atoms with Crippen LogP contribution in [0.5, 0.6) is 0 Å². The molecule has 0 aromatic heterocycles. The minimum atomic E-state index is -0.0199. The molecule has 1 atom stereocenters. The lowest BCUT2D eigenvalue weighted by Crippen LogP contribution is -2.19. The maximum Gasteiger partial charge on any atom is 0.0626 e. The summed E-state index contributed by atoms with van der Waals surface area (Å²) in [5.41, 5.74) is 7.33. The van der Waals surface area contributed by atoms with Crippen LogP contribution < -0.4 is 11.1 Å². The quantitative estimate of drug-likeness (QED) is 0.574. The molecule has 1 aromatic rings. The molecule has 0 bridgehead atoms. The van der Waals surface area contributed by atoms with Crippen LogP contribution >= 0.6 is 0 Å². The summed E-state index contributed by atoms with van der Waals surface area (Å²) in [6.45, 7) is 0.0833. The molecule has 3 heteroatoms. The zero-order chi connectivity index (χ0) is 8.97. The number of likely N-dealkylation sites (N-methyl/N-ethyl adjacent to an activating group) is 1. The van der Waals surface area contributed by atoms with E-state index in [9.17, 15) is 0 Å². The maximum atomic E-state index is 8.97. The minimum Gasteiger partial charge on any atom is -0.399 e. The van der Waals surface area contributed by atoms with Crippen molar-refractivity contribution >= 4 is 5.69 Å². The highest BCUT2D eigenvalue weighted by molar-refractivity contribution is 5.41. The van der Waals surface area contributed by atoms with Gasteiger partial charge in [0.05, 0.1) is 12.6 Å². The predicted octanol–water partition coefficient (Wildman–Crippen LogP) is 0.522. The fourth-order valence-corrected chi connectivity index (χ4v) is 1.14. The Labute approximate surface area is 72.2 Å². The van der Waals surface area contributed by atoms with Gasteiger partial charge in [0.2, 0.25) is 0 Å². The summed E-state index contributed by atoms with van der Waals surface area (Å²) >= 11 is 0. The van der Waals surface area contributed by atoms with Gasteiger partial charge in [-0.05, 0) is 24.7 Å². The molecular weight excluding hydrogens is 152 g/mol. The first-order valence-corrected chi connectivity index (χ1v) is 3.91. The lowest BCUT2D eigenvalue weighted by atomic mass is 10.1. The molecule has 0 aliphatic rings. The van der Waals surface area contributed by atoms with E-state index < -0.39 is 0 Å². The van der Waals surface area contributed by atoms with Crippen molar-refractivity contribution in [2.75, 3.05) is 19.4 Å². The first-order valence-electron chi connectivity index (χ1n) is 3.91. The number of hydrogen-bond acceptors (Lipinski definition) is 3. The second-order valence-electron chi connectivity index (χ2n) is 2.69. The topological polar surface area (TPSA) is 58.3 Å². The van der Waals surface area contributed by atoms with E-state index in [-0.39, 0.29) is 12.6 Å². The molecule has 0 aliphatic carbocycles. The van der Waals surface area contributed by atoms with E-state index in [1.807, 2.05) is 31.3 Å². The van der Waals surface area contributed by atoms with Crippen LogP contribution in [0, 0.1) is 0 Å². The van der Waals surface area contributed by atoms with Gasteiger partial charge in [0.1, 0.15) is 0 Å². The van der Waals surface area contributed by atoms with Gasteiger partial charge in [0.15, 0.2) is 0 Å². The molecule has 1 unspecified atom stereocenters. The summed E-state index contributed by atoms with van der Waals surface area (Å²) in [5, 5.41) is 12.0. The molecule has 0 fully saturated rings. The van der Waals surface area contributed by atoms with Crippen molar-refractivity contribution < 1.29 is 5.11 Å². The third-order valence-electron chi connectivity index (χ3n) is 1.84. The molecule has 3 nitrogen and oxygen atoms in total. The Kier molecular flexibility index (Phi) is 3.08. The van der Waals surface area contributed by atoms with Gasteiger partial charge in [0.25, 0.3) is 0 Å². The number of aliphatic hydroxyl groups excluding tert-OH is 1. The van der Waals surface area contributed by atoms with Crippen LogP contribution in [-0.2, 0) is 0 Å². The molecule has 12 heavy (non-hydrogen) atoms. The Bertz CT molecular complexity index is 246. The number of nitrogens with two attached hydrogens (primary N) is 1. The molecule has 4 N–H and O–H groups in total. The molecule has 0 saturated carbocycles. The van der Waals surface area contributed by atoms with Crippen LogP contribution in [0.25, 0.3) is 0 Å². The van der Waals surface area contributed by atoms with E-state index >= 15 is 0 Å². The summed E-state index contributed by atoms with van der Waals surface area (Å²) in [6.07, 6.45) is 0. The van der Waals surface area contributed by atoms with Crippen molar-refractivity contribution in [3.8, 4) is 0 Å². The van der Waals surface area contributed by atoms with Gasteiger partial charge in [-0.1, -0.05) is 12.1 Å². The normalized spacial score (nSPS) is 12.8. The number of anilines is 1. The van der Waals surface area contributed by atoms with Crippen LogP contribution in [0.1, 0.15) is 11.6 Å². The van der Waals surface area contributed by atoms with E-state index in [1.54, 1.807) is 0 Å². The number of nitrogen functional groups attached to an aromatic ring is 1. The van der Waals surface area contributed by atoms with E-state index in [2.05, 4.69) is 5.32 Å². The Morgan fingerprint density at radius 1 is 1.58 bits per heavy atom. The van der Waals surface area contributed by atoms with Crippen molar-refractivity contribution in [1.82, 2.24) is 5.32 Å². The number of benzene rings is 1. The van der Waals surface area contributed by atoms with Crippen molar-refractivity contribution in [1.29, 1.82) is 0 Å². The molecule has 66 valence electrons. The third-order valence-corrected chi connectivity index (χ3v) is 1.84. The van der Waals surface area contributed by atoms with Crippen LogP contribution in [0.4, 0.5) is 5.69 Å². The first-order chi connectivity index (χ1) is 5.77. The zero-order valence-electron chi connectivity index (χ0n) is 7.12. The summed E-state index contributed by atoms with van der Waals surface area (Å²) in [4.78, 5) is 0. The summed E-state index contributed by atoms with van der Waals surface area (Å²) < 4.78 is 0. The van der Waals surface area contributed by atoms with E-state index in [4.69, 9.17) is 10.8 Å². The molecule has 1 rings (SSSR count). The van der Waals surface area contributed by atoms with E-state index in [0.29, 0.717) is 0 Å². The molecular formula is C9H14N2O. The van der Waals surface area contributed by atoms with Crippen molar-refractivity contribution in [2.24, 2.45) is 0 Å². The molecule has 0 radical (unpaired) electrons. The van der Waals surface area contributed by atoms with Crippen molar-refractivity contribution in [3.05, 3.63) is 29.8 Å². The Morgan fingerprint density at radius 2 is 2.33 bits per heavy atom. The van der Waals surface area contributed by atoms with Gasteiger partial charge in [-0.15, -0.1) is 0 Å². The Balaban J connectivity index is 2.85. The second-order valence-corrected chi connectivity index (χ2v) is 2.69. The Morgan fingerprint density at radius 3 is 2.83 bits per heavy atom. The summed E-state index contributed by atoms with van der Waals surface area (Å²) in [7, 11) is 1.81. The SMILES string of the molecule is CNC(CO)c1cccc(N)c1. The number of hydrogen-bond donors (Lipinski definition) is 3. The van der Waals surface area contributed by atoms with Crippen molar-refractivity contribution in [2.45, 2.75) is 6.04 Å². The van der Waals surface area contributed by atoms with Gasteiger partial charge >= 0.3 is 0 Å². The molecule has 0 heterocycles. The minimum absolute atomic E-state index is 0.0199.